The molecule has 2 aromatic carbocycles. The van der Waals surface area contributed by atoms with Crippen molar-refractivity contribution in [3.63, 3.8) is 0 Å². The van der Waals surface area contributed by atoms with Crippen LogP contribution in [0, 0.1) is 10.1 Å². The summed E-state index contributed by atoms with van der Waals surface area (Å²) in [6.45, 7) is -0.108. The largest absolute Gasteiger partial charge is 0.490 e. The van der Waals surface area contributed by atoms with Gasteiger partial charge in [-0.25, -0.2) is 4.79 Å². The molecule has 0 bridgehead atoms. The molecule has 0 spiro atoms. The van der Waals surface area contributed by atoms with E-state index in [1.54, 1.807) is 7.05 Å². The highest BCUT2D eigenvalue weighted by Gasteiger charge is 2.20. The molecule has 0 aliphatic heterocycles. The second-order valence-electron chi connectivity index (χ2n) is 6.53. The number of carbonyl (C=O) groups excluding carboxylic acids is 2. The van der Waals surface area contributed by atoms with Crippen LogP contribution in [0.4, 0.5) is 11.4 Å². The van der Waals surface area contributed by atoms with E-state index in [2.05, 4.69) is 0 Å². The summed E-state index contributed by atoms with van der Waals surface area (Å²) in [4.78, 5) is 38.2. The summed E-state index contributed by atoms with van der Waals surface area (Å²) >= 11 is 0. The molecular weight excluding hydrogens is 378 g/mol. The van der Waals surface area contributed by atoms with Gasteiger partial charge >= 0.3 is 11.7 Å². The number of nitro groups is 1. The molecule has 0 aromatic heterocycles. The summed E-state index contributed by atoms with van der Waals surface area (Å²) in [6.07, 6.45) is 0. The van der Waals surface area contributed by atoms with Gasteiger partial charge in [0.05, 0.1) is 17.6 Å². The average Bonchev–Trinajstić information content (AvgIpc) is 2.71. The number of hydrogen-bond acceptors (Lipinski definition) is 7. The number of anilines is 1. The number of carbonyl (C=O) groups is 2. The SMILES string of the molecule is COc1ccc(C(=O)OCC(=O)N(C)Cc2ccc(N(C)C)cc2)cc1[N+](=O)[O-]. The molecule has 0 aliphatic rings. The Balaban J connectivity index is 1.94. The van der Waals surface area contributed by atoms with Gasteiger partial charge in [-0.15, -0.1) is 0 Å². The molecule has 0 saturated heterocycles. The maximum Gasteiger partial charge on any atom is 0.338 e. The number of nitrogens with zero attached hydrogens (tertiary/aromatic N) is 3. The van der Waals surface area contributed by atoms with Gasteiger partial charge in [0, 0.05) is 39.4 Å². The van der Waals surface area contributed by atoms with E-state index < -0.39 is 23.4 Å². The lowest BCUT2D eigenvalue weighted by Crippen LogP contribution is -2.30. The number of esters is 1. The highest BCUT2D eigenvalue weighted by Crippen LogP contribution is 2.27. The standard InChI is InChI=1S/C20H23N3O6/c1-21(2)16-8-5-14(6-9-16)12-22(3)19(24)13-29-20(25)15-7-10-18(28-4)17(11-15)23(26)27/h5-11H,12-13H2,1-4H3. The Hall–Kier alpha value is -3.62. The Morgan fingerprint density at radius 1 is 1.07 bits per heavy atom. The lowest BCUT2D eigenvalue weighted by atomic mass is 10.2. The van der Waals surface area contributed by atoms with Gasteiger partial charge in [-0.3, -0.25) is 14.9 Å². The normalized spacial score (nSPS) is 10.2. The number of likely N-dealkylation sites (N-methyl/N-ethyl adjacent to an activating group) is 1. The van der Waals surface area contributed by atoms with Crippen LogP contribution in [-0.2, 0) is 16.1 Å². The van der Waals surface area contributed by atoms with Crippen molar-refractivity contribution in [2.45, 2.75) is 6.54 Å². The minimum Gasteiger partial charge on any atom is -0.490 e. The van der Waals surface area contributed by atoms with Crippen molar-refractivity contribution >= 4 is 23.3 Å². The van der Waals surface area contributed by atoms with Gasteiger partial charge in [-0.1, -0.05) is 12.1 Å². The molecule has 0 aliphatic carbocycles. The van der Waals surface area contributed by atoms with E-state index in [4.69, 9.17) is 9.47 Å². The zero-order valence-corrected chi connectivity index (χ0v) is 16.7. The van der Waals surface area contributed by atoms with E-state index in [0.717, 1.165) is 17.3 Å². The van der Waals surface area contributed by atoms with E-state index >= 15 is 0 Å². The fraction of sp³-hybridized carbons (Fsp3) is 0.300. The molecule has 2 rings (SSSR count). The van der Waals surface area contributed by atoms with Crippen molar-refractivity contribution < 1.29 is 24.0 Å². The average molecular weight is 401 g/mol. The topological polar surface area (TPSA) is 102 Å². The predicted octanol–water partition coefficient (Wildman–Crippen LogP) is 2.48. The number of hydrogen-bond donors (Lipinski definition) is 0. The molecular formula is C20H23N3O6. The zero-order valence-electron chi connectivity index (χ0n) is 16.7. The molecule has 0 radical (unpaired) electrons. The van der Waals surface area contributed by atoms with Crippen molar-refractivity contribution in [2.24, 2.45) is 0 Å². The van der Waals surface area contributed by atoms with Crippen LogP contribution >= 0.6 is 0 Å². The fourth-order valence-corrected chi connectivity index (χ4v) is 2.54. The third-order valence-electron chi connectivity index (χ3n) is 4.24. The van der Waals surface area contributed by atoms with E-state index in [1.165, 1.54) is 24.1 Å². The van der Waals surface area contributed by atoms with Crippen molar-refractivity contribution in [3.8, 4) is 5.75 Å². The number of amides is 1. The number of rotatable bonds is 8. The van der Waals surface area contributed by atoms with E-state index in [-0.39, 0.29) is 17.0 Å². The molecule has 0 atom stereocenters. The van der Waals surface area contributed by atoms with E-state index in [0.29, 0.717) is 6.54 Å². The van der Waals surface area contributed by atoms with Gasteiger partial charge in [0.25, 0.3) is 5.91 Å². The van der Waals surface area contributed by atoms with Crippen LogP contribution in [0.5, 0.6) is 5.75 Å². The summed E-state index contributed by atoms with van der Waals surface area (Å²) in [5.41, 5.74) is 1.59. The summed E-state index contributed by atoms with van der Waals surface area (Å²) in [5.74, 6) is -1.19. The minimum atomic E-state index is -0.826. The molecule has 0 saturated carbocycles. The Kier molecular flexibility index (Phi) is 7.13. The van der Waals surface area contributed by atoms with Crippen molar-refractivity contribution in [1.29, 1.82) is 0 Å². The quantitative estimate of drug-likeness (QED) is 0.380. The van der Waals surface area contributed by atoms with Crippen LogP contribution in [0.3, 0.4) is 0 Å². The van der Waals surface area contributed by atoms with Crippen molar-refractivity contribution in [2.75, 3.05) is 39.8 Å². The lowest BCUT2D eigenvalue weighted by molar-refractivity contribution is -0.385. The summed E-state index contributed by atoms with van der Waals surface area (Å²) in [6, 6.07) is 11.4. The van der Waals surface area contributed by atoms with Crippen molar-refractivity contribution in [1.82, 2.24) is 4.90 Å². The highest BCUT2D eigenvalue weighted by atomic mass is 16.6. The number of ether oxygens (including phenoxy) is 2. The fourth-order valence-electron chi connectivity index (χ4n) is 2.54. The van der Waals surface area contributed by atoms with Gasteiger partial charge in [0.2, 0.25) is 0 Å². The monoisotopic (exact) mass is 401 g/mol. The first-order chi connectivity index (χ1) is 13.7. The molecule has 2 aromatic rings. The molecule has 0 N–H and O–H groups in total. The first kappa shape index (κ1) is 21.7. The molecule has 1 amide bonds. The van der Waals surface area contributed by atoms with E-state index in [1.807, 2.05) is 43.3 Å². The van der Waals surface area contributed by atoms with Crippen LogP contribution in [0.15, 0.2) is 42.5 Å². The van der Waals surface area contributed by atoms with Gasteiger partial charge in [-0.2, -0.15) is 0 Å². The number of methoxy groups -OCH3 is 1. The van der Waals surface area contributed by atoms with Crippen LogP contribution in [0.2, 0.25) is 0 Å². The van der Waals surface area contributed by atoms with Gasteiger partial charge in [0.15, 0.2) is 12.4 Å². The van der Waals surface area contributed by atoms with Crippen LogP contribution in [0.25, 0.3) is 0 Å². The maximum absolute atomic E-state index is 12.2. The number of benzene rings is 2. The molecule has 0 unspecified atom stereocenters. The molecule has 29 heavy (non-hydrogen) atoms. The third kappa shape index (κ3) is 5.68. The first-order valence-electron chi connectivity index (χ1n) is 8.72. The third-order valence-corrected chi connectivity index (χ3v) is 4.24. The van der Waals surface area contributed by atoms with Gasteiger partial charge < -0.3 is 19.3 Å². The molecule has 9 nitrogen and oxygen atoms in total. The summed E-state index contributed by atoms with van der Waals surface area (Å²) < 4.78 is 9.90. The second-order valence-corrected chi connectivity index (χ2v) is 6.53. The molecule has 9 heteroatoms. The Morgan fingerprint density at radius 3 is 2.28 bits per heavy atom. The van der Waals surface area contributed by atoms with Crippen LogP contribution in [0.1, 0.15) is 15.9 Å². The maximum atomic E-state index is 12.2. The predicted molar refractivity (Wildman–Crippen MR) is 107 cm³/mol. The summed E-state index contributed by atoms with van der Waals surface area (Å²) in [5, 5.41) is 11.1. The van der Waals surface area contributed by atoms with Crippen LogP contribution in [-0.4, -0.2) is 56.6 Å². The Morgan fingerprint density at radius 2 is 1.72 bits per heavy atom. The Labute approximate surface area is 168 Å². The van der Waals surface area contributed by atoms with Crippen molar-refractivity contribution in [3.05, 3.63) is 63.7 Å². The summed E-state index contributed by atoms with van der Waals surface area (Å²) in [7, 11) is 6.78. The minimum absolute atomic E-state index is 0.0302. The lowest BCUT2D eigenvalue weighted by Gasteiger charge is -2.18. The molecule has 154 valence electrons. The first-order valence-corrected chi connectivity index (χ1v) is 8.72. The van der Waals surface area contributed by atoms with Gasteiger partial charge in [0.1, 0.15) is 0 Å². The van der Waals surface area contributed by atoms with Crippen LogP contribution < -0.4 is 9.64 Å². The zero-order chi connectivity index (χ0) is 21.6. The smallest absolute Gasteiger partial charge is 0.338 e. The molecule has 0 heterocycles. The van der Waals surface area contributed by atoms with E-state index in [9.17, 15) is 19.7 Å². The second kappa shape index (κ2) is 9.54. The highest BCUT2D eigenvalue weighted by molar-refractivity contribution is 5.92. The Bertz CT molecular complexity index is 896. The molecule has 0 fully saturated rings. The number of nitro benzene ring substituents is 1. The van der Waals surface area contributed by atoms with Gasteiger partial charge in [-0.05, 0) is 29.8 Å².